The highest BCUT2D eigenvalue weighted by Crippen LogP contribution is 2.05. The fraction of sp³-hybridized carbons (Fsp3) is 0.917. The third-order valence-electron chi connectivity index (χ3n) is 2.62. The van der Waals surface area contributed by atoms with Crippen molar-refractivity contribution in [1.29, 1.82) is 0 Å². The highest BCUT2D eigenvalue weighted by Gasteiger charge is 2.08. The second kappa shape index (κ2) is 11.4. The van der Waals surface area contributed by atoms with Crippen molar-refractivity contribution in [3.8, 4) is 0 Å². The van der Waals surface area contributed by atoms with E-state index in [1.807, 2.05) is 11.8 Å². The maximum Gasteiger partial charge on any atom is 0.191 e. The summed E-state index contributed by atoms with van der Waals surface area (Å²) in [6.45, 7) is 12.7. The van der Waals surface area contributed by atoms with Crippen LogP contribution < -0.4 is 10.6 Å². The van der Waals surface area contributed by atoms with Gasteiger partial charge in [-0.15, -0.1) is 24.0 Å². The highest BCUT2D eigenvalue weighted by atomic mass is 127. The number of nitrogens with zero attached hydrogens (tertiary/aromatic N) is 1. The van der Waals surface area contributed by atoms with E-state index in [9.17, 15) is 0 Å². The van der Waals surface area contributed by atoms with Gasteiger partial charge in [-0.2, -0.15) is 11.8 Å². The van der Waals surface area contributed by atoms with E-state index in [2.05, 4.69) is 56.5 Å². The minimum absolute atomic E-state index is 0. The van der Waals surface area contributed by atoms with E-state index in [0.717, 1.165) is 19.0 Å². The molecule has 0 aromatic heterocycles. The first-order valence-electron chi connectivity index (χ1n) is 6.08. The molecule has 0 aliphatic heterocycles. The molecule has 0 aromatic carbocycles. The molecule has 5 heteroatoms. The maximum absolute atomic E-state index is 4.58. The molecule has 0 heterocycles. The molecule has 3 nitrogen and oxygen atoms in total. The molecular weight excluding hydrogens is 345 g/mol. The summed E-state index contributed by atoms with van der Waals surface area (Å²) in [5, 5.41) is 7.28. The molecule has 0 aliphatic rings. The van der Waals surface area contributed by atoms with Gasteiger partial charge in [-0.05, 0) is 26.0 Å². The van der Waals surface area contributed by atoms with Gasteiger partial charge in [0.15, 0.2) is 5.96 Å². The Morgan fingerprint density at radius 1 is 1.24 bits per heavy atom. The van der Waals surface area contributed by atoms with E-state index in [0.29, 0.717) is 17.2 Å². The summed E-state index contributed by atoms with van der Waals surface area (Å²) in [5.74, 6) is 1.55. The lowest BCUT2D eigenvalue weighted by molar-refractivity contribution is 0.481. The van der Waals surface area contributed by atoms with E-state index in [-0.39, 0.29) is 24.0 Å². The molecule has 2 N–H and O–H groups in total. The van der Waals surface area contributed by atoms with Gasteiger partial charge in [0.2, 0.25) is 0 Å². The Morgan fingerprint density at radius 3 is 2.24 bits per heavy atom. The molecule has 104 valence electrons. The van der Waals surface area contributed by atoms with Crippen LogP contribution in [0.5, 0.6) is 0 Å². The van der Waals surface area contributed by atoms with Gasteiger partial charge in [0.1, 0.15) is 0 Å². The largest absolute Gasteiger partial charge is 0.357 e. The Labute approximate surface area is 128 Å². The summed E-state index contributed by atoms with van der Waals surface area (Å²) < 4.78 is 0. The van der Waals surface area contributed by atoms with Crippen LogP contribution in [0, 0.1) is 5.92 Å². The standard InChI is InChI=1S/C12H27N3S.HI/c1-7-13-12(14-8-10(4)16-6)15-11(5)9(2)3;/h9-11H,7-8H2,1-6H3,(H2,13,14,15);1H. The van der Waals surface area contributed by atoms with Crippen LogP contribution in [-0.2, 0) is 0 Å². The Bertz CT molecular complexity index is 210. The van der Waals surface area contributed by atoms with Gasteiger partial charge in [-0.25, -0.2) is 0 Å². The molecule has 2 atom stereocenters. The van der Waals surface area contributed by atoms with Crippen LogP contribution in [0.1, 0.15) is 34.6 Å². The van der Waals surface area contributed by atoms with Gasteiger partial charge in [0, 0.05) is 17.8 Å². The Hall–Kier alpha value is 0.350. The predicted octanol–water partition coefficient (Wildman–Crippen LogP) is 2.96. The van der Waals surface area contributed by atoms with Crippen molar-refractivity contribution in [2.24, 2.45) is 10.9 Å². The van der Waals surface area contributed by atoms with E-state index >= 15 is 0 Å². The summed E-state index contributed by atoms with van der Waals surface area (Å²) in [4.78, 5) is 4.58. The molecule has 0 rings (SSSR count). The third kappa shape index (κ3) is 10.00. The monoisotopic (exact) mass is 373 g/mol. The molecule has 0 aromatic rings. The van der Waals surface area contributed by atoms with Crippen molar-refractivity contribution < 1.29 is 0 Å². The average Bonchev–Trinajstić information content (AvgIpc) is 2.25. The SMILES string of the molecule is CCNC(=NCC(C)SC)NC(C)C(C)C.I. The van der Waals surface area contributed by atoms with Gasteiger partial charge >= 0.3 is 0 Å². The Kier molecular flexibility index (Phi) is 13.2. The molecule has 0 aliphatic carbocycles. The van der Waals surface area contributed by atoms with Crippen molar-refractivity contribution in [2.45, 2.75) is 45.9 Å². The summed E-state index contributed by atoms with van der Waals surface area (Å²) in [5.41, 5.74) is 0. The first-order chi connectivity index (χ1) is 7.51. The zero-order valence-corrected chi connectivity index (χ0v) is 15.1. The number of guanidine groups is 1. The van der Waals surface area contributed by atoms with E-state index in [1.54, 1.807) is 0 Å². The molecule has 0 bridgehead atoms. The predicted molar refractivity (Wildman–Crippen MR) is 91.8 cm³/mol. The minimum atomic E-state index is 0. The molecule has 0 saturated carbocycles. The lowest BCUT2D eigenvalue weighted by Gasteiger charge is -2.21. The zero-order valence-electron chi connectivity index (χ0n) is 11.9. The number of rotatable bonds is 6. The summed E-state index contributed by atoms with van der Waals surface area (Å²) in [7, 11) is 0. The Balaban J connectivity index is 0. The van der Waals surface area contributed by atoms with Crippen LogP contribution in [0.25, 0.3) is 0 Å². The third-order valence-corrected chi connectivity index (χ3v) is 3.57. The molecule has 0 fully saturated rings. The number of aliphatic imine (C=N–C) groups is 1. The molecule has 2 unspecified atom stereocenters. The lowest BCUT2D eigenvalue weighted by Crippen LogP contribution is -2.44. The molecular formula is C12H28IN3S. The number of nitrogens with one attached hydrogen (secondary N) is 2. The smallest absolute Gasteiger partial charge is 0.191 e. The molecule has 0 amide bonds. The van der Waals surface area contributed by atoms with Crippen LogP contribution in [0.2, 0.25) is 0 Å². The molecule has 0 spiro atoms. The van der Waals surface area contributed by atoms with Crippen molar-refractivity contribution >= 4 is 41.7 Å². The van der Waals surface area contributed by atoms with Crippen molar-refractivity contribution in [3.05, 3.63) is 0 Å². The number of hydrogen-bond acceptors (Lipinski definition) is 2. The summed E-state index contributed by atoms with van der Waals surface area (Å²) in [6, 6.07) is 0.447. The second-order valence-electron chi connectivity index (χ2n) is 4.44. The molecule has 0 radical (unpaired) electrons. The van der Waals surface area contributed by atoms with E-state index in [1.165, 1.54) is 0 Å². The first kappa shape index (κ1) is 19.7. The fourth-order valence-electron chi connectivity index (χ4n) is 0.997. The Morgan fingerprint density at radius 2 is 1.82 bits per heavy atom. The van der Waals surface area contributed by atoms with Crippen molar-refractivity contribution in [3.63, 3.8) is 0 Å². The first-order valence-corrected chi connectivity index (χ1v) is 7.37. The average molecular weight is 373 g/mol. The minimum Gasteiger partial charge on any atom is -0.357 e. The van der Waals surface area contributed by atoms with E-state index in [4.69, 9.17) is 0 Å². The van der Waals surface area contributed by atoms with Crippen LogP contribution in [-0.4, -0.2) is 36.6 Å². The normalized spacial score (nSPS) is 15.1. The van der Waals surface area contributed by atoms with Crippen LogP contribution in [0.3, 0.4) is 0 Å². The van der Waals surface area contributed by atoms with Gasteiger partial charge in [0.05, 0.1) is 6.54 Å². The fourth-order valence-corrected chi connectivity index (χ4v) is 1.22. The number of hydrogen-bond donors (Lipinski definition) is 2. The van der Waals surface area contributed by atoms with Gasteiger partial charge in [-0.3, -0.25) is 4.99 Å². The quantitative estimate of drug-likeness (QED) is 0.427. The topological polar surface area (TPSA) is 36.4 Å². The lowest BCUT2D eigenvalue weighted by atomic mass is 10.1. The number of thioether (sulfide) groups is 1. The second-order valence-corrected chi connectivity index (χ2v) is 5.72. The van der Waals surface area contributed by atoms with E-state index < -0.39 is 0 Å². The maximum atomic E-state index is 4.58. The zero-order chi connectivity index (χ0) is 12.6. The van der Waals surface area contributed by atoms with Crippen molar-refractivity contribution in [2.75, 3.05) is 19.3 Å². The van der Waals surface area contributed by atoms with Crippen molar-refractivity contribution in [1.82, 2.24) is 10.6 Å². The van der Waals surface area contributed by atoms with Crippen LogP contribution >= 0.6 is 35.7 Å². The molecule has 0 saturated heterocycles. The number of halogens is 1. The van der Waals surface area contributed by atoms with Gasteiger partial charge in [0.25, 0.3) is 0 Å². The van der Waals surface area contributed by atoms with Crippen LogP contribution in [0.4, 0.5) is 0 Å². The molecule has 17 heavy (non-hydrogen) atoms. The highest BCUT2D eigenvalue weighted by molar-refractivity contribution is 14.0. The van der Waals surface area contributed by atoms with Gasteiger partial charge < -0.3 is 10.6 Å². The van der Waals surface area contributed by atoms with Gasteiger partial charge in [-0.1, -0.05) is 20.8 Å². The van der Waals surface area contributed by atoms with Crippen LogP contribution in [0.15, 0.2) is 4.99 Å². The summed E-state index contributed by atoms with van der Waals surface area (Å²) in [6.07, 6.45) is 2.12. The summed E-state index contributed by atoms with van der Waals surface area (Å²) >= 11 is 1.85.